The van der Waals surface area contributed by atoms with Crippen LogP contribution in [0.3, 0.4) is 0 Å². The number of aromatic amines is 1. The quantitative estimate of drug-likeness (QED) is 0.780. The van der Waals surface area contributed by atoms with Gasteiger partial charge in [0.15, 0.2) is 5.65 Å². The van der Waals surface area contributed by atoms with Gasteiger partial charge in [0, 0.05) is 12.4 Å². The molecular formula is C9H12N4O. The van der Waals surface area contributed by atoms with Crippen LogP contribution in [0, 0.1) is 0 Å². The second-order valence-electron chi connectivity index (χ2n) is 3.20. The first kappa shape index (κ1) is 8.93. The van der Waals surface area contributed by atoms with Crippen molar-refractivity contribution in [2.45, 2.75) is 26.2 Å². The molecule has 74 valence electrons. The van der Waals surface area contributed by atoms with Crippen LogP contribution in [0.5, 0.6) is 0 Å². The van der Waals surface area contributed by atoms with E-state index in [0.717, 1.165) is 25.0 Å². The van der Waals surface area contributed by atoms with E-state index in [-0.39, 0.29) is 5.69 Å². The van der Waals surface area contributed by atoms with Crippen molar-refractivity contribution in [2.24, 2.45) is 0 Å². The molecule has 2 rings (SSSR count). The van der Waals surface area contributed by atoms with E-state index in [0.29, 0.717) is 5.65 Å². The molecule has 0 aliphatic carbocycles. The van der Waals surface area contributed by atoms with Gasteiger partial charge in [-0.15, -0.1) is 0 Å². The molecule has 0 aliphatic rings. The molecular weight excluding hydrogens is 180 g/mol. The van der Waals surface area contributed by atoms with Crippen LogP contribution >= 0.6 is 0 Å². The number of hydrogen-bond acceptors (Lipinski definition) is 3. The zero-order chi connectivity index (χ0) is 9.97. The smallest absolute Gasteiger partial charge is 0.256 e. The summed E-state index contributed by atoms with van der Waals surface area (Å²) in [4.78, 5) is 15.4. The Labute approximate surface area is 80.8 Å². The van der Waals surface area contributed by atoms with Crippen LogP contribution in [-0.2, 0) is 6.42 Å². The summed E-state index contributed by atoms with van der Waals surface area (Å²) >= 11 is 0. The van der Waals surface area contributed by atoms with E-state index in [4.69, 9.17) is 0 Å². The molecule has 0 radical (unpaired) electrons. The number of fused-ring (bicyclic) bond motifs is 1. The normalized spacial score (nSPS) is 10.9. The molecule has 0 fully saturated rings. The van der Waals surface area contributed by atoms with Gasteiger partial charge in [0.25, 0.3) is 0 Å². The first-order chi connectivity index (χ1) is 6.83. The molecule has 2 aromatic heterocycles. The molecule has 2 heterocycles. The molecule has 0 unspecified atom stereocenters. The Bertz CT molecular complexity index is 485. The summed E-state index contributed by atoms with van der Waals surface area (Å²) in [6.07, 6.45) is 6.29. The molecule has 0 saturated heterocycles. The lowest BCUT2D eigenvalue weighted by atomic mass is 10.2. The molecule has 0 aromatic carbocycles. The van der Waals surface area contributed by atoms with Crippen molar-refractivity contribution in [1.29, 1.82) is 0 Å². The molecule has 0 aliphatic heterocycles. The molecule has 1 N–H and O–H groups in total. The average molecular weight is 192 g/mol. The highest BCUT2D eigenvalue weighted by Crippen LogP contribution is 2.05. The molecule has 0 spiro atoms. The summed E-state index contributed by atoms with van der Waals surface area (Å²) in [5.41, 5.74) is 1.32. The fourth-order valence-corrected chi connectivity index (χ4v) is 1.41. The second-order valence-corrected chi connectivity index (χ2v) is 3.20. The van der Waals surface area contributed by atoms with Crippen LogP contribution < -0.4 is 5.69 Å². The fraction of sp³-hybridized carbons (Fsp3) is 0.444. The van der Waals surface area contributed by atoms with Gasteiger partial charge in [-0.05, 0) is 12.8 Å². The number of nitrogens with one attached hydrogen (secondary N) is 1. The maximum absolute atomic E-state index is 11.2. The standard InChI is InChI=1S/C9H12N4O/c1-2-3-4-7-8-11-12-9(14)13(8)6-5-10-7/h5-6H,2-4H2,1H3,(H,12,14). The van der Waals surface area contributed by atoms with E-state index >= 15 is 0 Å². The Balaban J connectivity index is 2.49. The Morgan fingerprint density at radius 1 is 1.57 bits per heavy atom. The first-order valence-corrected chi connectivity index (χ1v) is 4.73. The SMILES string of the molecule is CCCCc1nccn2c(=O)[nH]nc12. The van der Waals surface area contributed by atoms with Crippen LogP contribution in [0.15, 0.2) is 17.2 Å². The predicted molar refractivity (Wildman–Crippen MR) is 52.2 cm³/mol. The van der Waals surface area contributed by atoms with E-state index in [9.17, 15) is 4.79 Å². The molecule has 0 bridgehead atoms. The predicted octanol–water partition coefficient (Wildman–Crippen LogP) is 0.760. The Kier molecular flexibility index (Phi) is 2.30. The zero-order valence-electron chi connectivity index (χ0n) is 8.03. The van der Waals surface area contributed by atoms with Crippen LogP contribution in [-0.4, -0.2) is 19.6 Å². The monoisotopic (exact) mass is 192 g/mol. The third-order valence-corrected chi connectivity index (χ3v) is 2.18. The molecule has 5 nitrogen and oxygen atoms in total. The number of hydrogen-bond donors (Lipinski definition) is 1. The second kappa shape index (κ2) is 3.61. The topological polar surface area (TPSA) is 63.1 Å². The molecule has 14 heavy (non-hydrogen) atoms. The van der Waals surface area contributed by atoms with Crippen molar-refractivity contribution < 1.29 is 0 Å². The molecule has 5 heteroatoms. The lowest BCUT2D eigenvalue weighted by Crippen LogP contribution is -2.09. The summed E-state index contributed by atoms with van der Waals surface area (Å²) in [5, 5.41) is 6.34. The summed E-state index contributed by atoms with van der Waals surface area (Å²) in [6, 6.07) is 0. The minimum Gasteiger partial charge on any atom is -0.256 e. The lowest BCUT2D eigenvalue weighted by molar-refractivity contribution is 0.774. The number of H-pyrrole nitrogens is 1. The first-order valence-electron chi connectivity index (χ1n) is 4.73. The van der Waals surface area contributed by atoms with Gasteiger partial charge >= 0.3 is 5.69 Å². The average Bonchev–Trinajstić information content (AvgIpc) is 2.58. The maximum Gasteiger partial charge on any atom is 0.347 e. The Hall–Kier alpha value is -1.65. The van der Waals surface area contributed by atoms with Gasteiger partial charge < -0.3 is 0 Å². The van der Waals surface area contributed by atoms with E-state index in [1.807, 2.05) is 0 Å². The van der Waals surface area contributed by atoms with Crippen molar-refractivity contribution in [3.8, 4) is 0 Å². The summed E-state index contributed by atoms with van der Waals surface area (Å²) in [5.74, 6) is 0. The minimum atomic E-state index is -0.208. The number of nitrogens with zero attached hydrogens (tertiary/aromatic N) is 3. The van der Waals surface area contributed by atoms with E-state index in [1.165, 1.54) is 4.40 Å². The molecule has 0 amide bonds. The lowest BCUT2D eigenvalue weighted by Gasteiger charge is -1.98. The van der Waals surface area contributed by atoms with Crippen LogP contribution in [0.4, 0.5) is 0 Å². The molecule has 0 atom stereocenters. The fourth-order valence-electron chi connectivity index (χ4n) is 1.41. The van der Waals surface area contributed by atoms with Crippen molar-refractivity contribution >= 4 is 5.65 Å². The maximum atomic E-state index is 11.2. The third kappa shape index (κ3) is 1.41. The molecule has 0 saturated carbocycles. The van der Waals surface area contributed by atoms with E-state index in [2.05, 4.69) is 22.1 Å². The van der Waals surface area contributed by atoms with Gasteiger partial charge in [-0.25, -0.2) is 14.3 Å². The van der Waals surface area contributed by atoms with E-state index < -0.39 is 0 Å². The van der Waals surface area contributed by atoms with Gasteiger partial charge in [-0.1, -0.05) is 13.3 Å². The van der Waals surface area contributed by atoms with Gasteiger partial charge in [-0.2, -0.15) is 5.10 Å². The van der Waals surface area contributed by atoms with Crippen molar-refractivity contribution in [3.05, 3.63) is 28.6 Å². The van der Waals surface area contributed by atoms with Crippen molar-refractivity contribution in [3.63, 3.8) is 0 Å². The third-order valence-electron chi connectivity index (χ3n) is 2.18. The van der Waals surface area contributed by atoms with Crippen LogP contribution in [0.25, 0.3) is 5.65 Å². The zero-order valence-corrected chi connectivity index (χ0v) is 8.03. The van der Waals surface area contributed by atoms with Crippen LogP contribution in [0.2, 0.25) is 0 Å². The molecule has 2 aromatic rings. The van der Waals surface area contributed by atoms with Gasteiger partial charge in [0.1, 0.15) is 0 Å². The van der Waals surface area contributed by atoms with Crippen LogP contribution in [0.1, 0.15) is 25.5 Å². The Morgan fingerprint density at radius 2 is 2.43 bits per heavy atom. The summed E-state index contributed by atoms with van der Waals surface area (Å²) < 4.78 is 1.48. The summed E-state index contributed by atoms with van der Waals surface area (Å²) in [6.45, 7) is 2.12. The highest BCUT2D eigenvalue weighted by atomic mass is 16.1. The van der Waals surface area contributed by atoms with Crippen molar-refractivity contribution in [2.75, 3.05) is 0 Å². The Morgan fingerprint density at radius 3 is 3.21 bits per heavy atom. The highest BCUT2D eigenvalue weighted by molar-refractivity contribution is 5.41. The minimum absolute atomic E-state index is 0.208. The number of aryl methyl sites for hydroxylation is 1. The summed E-state index contributed by atoms with van der Waals surface area (Å²) in [7, 11) is 0. The highest BCUT2D eigenvalue weighted by Gasteiger charge is 2.05. The largest absolute Gasteiger partial charge is 0.347 e. The number of aromatic nitrogens is 4. The van der Waals surface area contributed by atoms with E-state index in [1.54, 1.807) is 12.4 Å². The van der Waals surface area contributed by atoms with Crippen molar-refractivity contribution in [1.82, 2.24) is 19.6 Å². The number of unbranched alkanes of at least 4 members (excludes halogenated alkanes) is 1. The van der Waals surface area contributed by atoms with Gasteiger partial charge in [-0.3, -0.25) is 4.98 Å². The number of rotatable bonds is 3. The van der Waals surface area contributed by atoms with Gasteiger partial charge in [0.2, 0.25) is 0 Å². The van der Waals surface area contributed by atoms with Gasteiger partial charge in [0.05, 0.1) is 5.69 Å².